The van der Waals surface area contributed by atoms with Gasteiger partial charge < -0.3 is 9.84 Å². The number of nitrogens with zero attached hydrogens (tertiary/aromatic N) is 2. The van der Waals surface area contributed by atoms with Crippen molar-refractivity contribution in [3.05, 3.63) is 46.6 Å². The smallest absolute Gasteiger partial charge is 0.243 e. The average molecular weight is 259 g/mol. The fourth-order valence-electron chi connectivity index (χ4n) is 2.34. The Hall–Kier alpha value is -1.68. The summed E-state index contributed by atoms with van der Waals surface area (Å²) < 4.78 is 5.32. The summed E-state index contributed by atoms with van der Waals surface area (Å²) in [6, 6.07) is 6.64. The Bertz CT molecular complexity index is 524. The maximum absolute atomic E-state index is 5.32. The second-order valence-corrected chi connectivity index (χ2v) is 4.97. The van der Waals surface area contributed by atoms with Crippen LogP contribution in [0.1, 0.15) is 47.8 Å². The molecule has 102 valence electrons. The molecule has 0 saturated carbocycles. The monoisotopic (exact) mass is 259 g/mol. The third-order valence-corrected chi connectivity index (χ3v) is 3.18. The van der Waals surface area contributed by atoms with E-state index in [1.54, 1.807) is 0 Å². The zero-order chi connectivity index (χ0) is 13.8. The Morgan fingerprint density at radius 3 is 2.47 bits per heavy atom. The predicted molar refractivity (Wildman–Crippen MR) is 75.1 cm³/mol. The molecule has 1 N–H and O–H groups in total. The number of aryl methyl sites for hydroxylation is 2. The number of hydrogen-bond acceptors (Lipinski definition) is 4. The predicted octanol–water partition coefficient (Wildman–Crippen LogP) is 2.95. The maximum Gasteiger partial charge on any atom is 0.243 e. The normalized spacial score (nSPS) is 12.6. The van der Waals surface area contributed by atoms with Crippen molar-refractivity contribution in [3.8, 4) is 0 Å². The lowest BCUT2D eigenvalue weighted by atomic mass is 10.1. The standard InChI is InChI=1S/C15H21N3O/c1-5-13(16-4)15-17-14(18-19-15)9-12-7-10(2)6-11(3)8-12/h6-8,13,16H,5,9H2,1-4H3. The summed E-state index contributed by atoms with van der Waals surface area (Å²) in [4.78, 5) is 4.47. The first kappa shape index (κ1) is 13.7. The van der Waals surface area contributed by atoms with Gasteiger partial charge in [-0.15, -0.1) is 0 Å². The fourth-order valence-corrected chi connectivity index (χ4v) is 2.34. The number of benzene rings is 1. The summed E-state index contributed by atoms with van der Waals surface area (Å²) in [6.45, 7) is 6.30. The summed E-state index contributed by atoms with van der Waals surface area (Å²) in [5.41, 5.74) is 3.75. The van der Waals surface area contributed by atoms with Gasteiger partial charge in [-0.05, 0) is 32.9 Å². The SMILES string of the molecule is CCC(NC)c1nc(Cc2cc(C)cc(C)c2)no1. The highest BCUT2D eigenvalue weighted by Crippen LogP contribution is 2.16. The molecule has 0 bridgehead atoms. The van der Waals surface area contributed by atoms with Crippen molar-refractivity contribution in [1.29, 1.82) is 0 Å². The maximum atomic E-state index is 5.32. The van der Waals surface area contributed by atoms with E-state index < -0.39 is 0 Å². The van der Waals surface area contributed by atoms with Crippen molar-refractivity contribution in [2.75, 3.05) is 7.05 Å². The first-order chi connectivity index (χ1) is 9.12. The summed E-state index contributed by atoms with van der Waals surface area (Å²) in [5.74, 6) is 1.41. The molecule has 19 heavy (non-hydrogen) atoms. The van der Waals surface area contributed by atoms with Crippen LogP contribution in [-0.4, -0.2) is 17.2 Å². The van der Waals surface area contributed by atoms with Gasteiger partial charge in [0.25, 0.3) is 0 Å². The molecule has 1 aromatic carbocycles. The van der Waals surface area contributed by atoms with Gasteiger partial charge in [-0.25, -0.2) is 0 Å². The highest BCUT2D eigenvalue weighted by Gasteiger charge is 2.15. The molecule has 0 aliphatic rings. The quantitative estimate of drug-likeness (QED) is 0.897. The van der Waals surface area contributed by atoms with Crippen LogP contribution < -0.4 is 5.32 Å². The Morgan fingerprint density at radius 2 is 1.89 bits per heavy atom. The highest BCUT2D eigenvalue weighted by molar-refractivity contribution is 5.30. The zero-order valence-corrected chi connectivity index (χ0v) is 12.0. The van der Waals surface area contributed by atoms with E-state index >= 15 is 0 Å². The van der Waals surface area contributed by atoms with Crippen LogP contribution >= 0.6 is 0 Å². The van der Waals surface area contributed by atoms with E-state index in [4.69, 9.17) is 4.52 Å². The van der Waals surface area contributed by atoms with Crippen LogP contribution in [0.2, 0.25) is 0 Å². The van der Waals surface area contributed by atoms with E-state index in [-0.39, 0.29) is 6.04 Å². The Balaban J connectivity index is 2.15. The summed E-state index contributed by atoms with van der Waals surface area (Å²) in [7, 11) is 1.90. The topological polar surface area (TPSA) is 51.0 Å². The minimum Gasteiger partial charge on any atom is -0.338 e. The molecular weight excluding hydrogens is 238 g/mol. The molecule has 4 heteroatoms. The van der Waals surface area contributed by atoms with Crippen LogP contribution in [0.4, 0.5) is 0 Å². The number of rotatable bonds is 5. The van der Waals surface area contributed by atoms with Crippen molar-refractivity contribution < 1.29 is 4.52 Å². The second-order valence-electron chi connectivity index (χ2n) is 4.97. The van der Waals surface area contributed by atoms with Gasteiger partial charge >= 0.3 is 0 Å². The van der Waals surface area contributed by atoms with Crippen molar-refractivity contribution >= 4 is 0 Å². The van der Waals surface area contributed by atoms with E-state index in [9.17, 15) is 0 Å². The van der Waals surface area contributed by atoms with Crippen LogP contribution in [0.15, 0.2) is 22.7 Å². The number of hydrogen-bond donors (Lipinski definition) is 1. The average Bonchev–Trinajstić information content (AvgIpc) is 2.78. The summed E-state index contributed by atoms with van der Waals surface area (Å²) in [6.07, 6.45) is 1.65. The molecule has 1 atom stereocenters. The largest absolute Gasteiger partial charge is 0.338 e. The number of aromatic nitrogens is 2. The lowest BCUT2D eigenvalue weighted by Crippen LogP contribution is -2.15. The number of nitrogens with one attached hydrogen (secondary N) is 1. The first-order valence-corrected chi connectivity index (χ1v) is 6.69. The highest BCUT2D eigenvalue weighted by atomic mass is 16.5. The molecule has 0 aliphatic heterocycles. The van der Waals surface area contributed by atoms with E-state index in [1.807, 2.05) is 7.05 Å². The van der Waals surface area contributed by atoms with E-state index in [0.29, 0.717) is 12.3 Å². The van der Waals surface area contributed by atoms with Crippen molar-refractivity contribution in [3.63, 3.8) is 0 Å². The zero-order valence-electron chi connectivity index (χ0n) is 12.0. The second kappa shape index (κ2) is 5.97. The molecule has 0 fully saturated rings. The molecule has 0 aliphatic carbocycles. The van der Waals surface area contributed by atoms with Gasteiger partial charge in [-0.3, -0.25) is 0 Å². The van der Waals surface area contributed by atoms with E-state index in [1.165, 1.54) is 16.7 Å². The molecule has 0 spiro atoms. The molecule has 0 amide bonds. The molecule has 4 nitrogen and oxygen atoms in total. The fraction of sp³-hybridized carbons (Fsp3) is 0.467. The molecule has 0 radical (unpaired) electrons. The minimum absolute atomic E-state index is 0.139. The van der Waals surface area contributed by atoms with Crippen LogP contribution in [0, 0.1) is 13.8 Å². The lowest BCUT2D eigenvalue weighted by molar-refractivity contribution is 0.331. The summed E-state index contributed by atoms with van der Waals surface area (Å²) in [5, 5.41) is 7.23. The first-order valence-electron chi connectivity index (χ1n) is 6.69. The van der Waals surface area contributed by atoms with Crippen LogP contribution in [-0.2, 0) is 6.42 Å². The Morgan fingerprint density at radius 1 is 1.21 bits per heavy atom. The molecule has 1 unspecified atom stereocenters. The van der Waals surface area contributed by atoms with Gasteiger partial charge in [0.1, 0.15) is 0 Å². The van der Waals surface area contributed by atoms with E-state index in [2.05, 4.69) is 54.4 Å². The van der Waals surface area contributed by atoms with Gasteiger partial charge in [-0.2, -0.15) is 4.98 Å². The van der Waals surface area contributed by atoms with Crippen LogP contribution in [0.3, 0.4) is 0 Å². The van der Waals surface area contributed by atoms with Gasteiger partial charge in [0, 0.05) is 6.42 Å². The lowest BCUT2D eigenvalue weighted by Gasteiger charge is -2.06. The van der Waals surface area contributed by atoms with E-state index in [0.717, 1.165) is 12.2 Å². The van der Waals surface area contributed by atoms with Crippen molar-refractivity contribution in [1.82, 2.24) is 15.5 Å². The van der Waals surface area contributed by atoms with Crippen LogP contribution in [0.25, 0.3) is 0 Å². The summed E-state index contributed by atoms with van der Waals surface area (Å²) >= 11 is 0. The van der Waals surface area contributed by atoms with Gasteiger partial charge in [0.15, 0.2) is 5.82 Å². The molecule has 0 saturated heterocycles. The van der Waals surface area contributed by atoms with Crippen LogP contribution in [0.5, 0.6) is 0 Å². The third kappa shape index (κ3) is 3.41. The van der Waals surface area contributed by atoms with Gasteiger partial charge in [-0.1, -0.05) is 41.4 Å². The van der Waals surface area contributed by atoms with Crippen molar-refractivity contribution in [2.45, 2.75) is 39.7 Å². The molecule has 2 rings (SSSR count). The van der Waals surface area contributed by atoms with Crippen molar-refractivity contribution in [2.24, 2.45) is 0 Å². The third-order valence-electron chi connectivity index (χ3n) is 3.18. The Labute approximate surface area is 114 Å². The Kier molecular flexibility index (Phi) is 4.32. The molecule has 1 aromatic heterocycles. The molecule has 1 heterocycles. The van der Waals surface area contributed by atoms with Gasteiger partial charge in [0.2, 0.25) is 5.89 Å². The van der Waals surface area contributed by atoms with Gasteiger partial charge in [0.05, 0.1) is 6.04 Å². The molecular formula is C15H21N3O. The minimum atomic E-state index is 0.139. The molecule has 2 aromatic rings.